The first kappa shape index (κ1) is 31.1. The van der Waals surface area contributed by atoms with Crippen LogP contribution in [0.4, 0.5) is 5.69 Å². The van der Waals surface area contributed by atoms with Gasteiger partial charge in [0.1, 0.15) is 23.8 Å². The summed E-state index contributed by atoms with van der Waals surface area (Å²) >= 11 is 0. The van der Waals surface area contributed by atoms with Crippen molar-refractivity contribution < 1.29 is 32.3 Å². The number of rotatable bonds is 12. The fourth-order valence-corrected chi connectivity index (χ4v) is 6.22. The molecule has 0 aliphatic heterocycles. The zero-order valence-corrected chi connectivity index (χ0v) is 25.6. The number of nitrogens with one attached hydrogen (secondary N) is 1. The van der Waals surface area contributed by atoms with Crippen LogP contribution in [0.3, 0.4) is 0 Å². The SMILES string of the molecule is COc1ccc(S(=O)(=O)N(Cc2ccccc2)c2c(OCCO[Si](C)(C)C(C)(C)C)cccc2C(=O)NO)cc1. The highest BCUT2D eigenvalue weighted by Crippen LogP contribution is 2.39. The van der Waals surface area contributed by atoms with Gasteiger partial charge in [-0.15, -0.1) is 0 Å². The first-order chi connectivity index (χ1) is 18.8. The van der Waals surface area contributed by atoms with Crippen LogP contribution in [0.15, 0.2) is 77.7 Å². The standard InChI is InChI=1S/C29H38N2O7SSi/c1-29(2,3)40(5,6)38-20-19-37-26-14-10-13-25(28(32)30-33)27(26)31(21-22-11-8-7-9-12-22)39(34,35)24-17-15-23(36-4)16-18-24/h7-18,33H,19-21H2,1-6H3,(H,30,32). The molecule has 2 N–H and O–H groups in total. The molecule has 9 nitrogen and oxygen atoms in total. The number of hydrogen-bond acceptors (Lipinski definition) is 7. The quantitative estimate of drug-likeness (QED) is 0.123. The molecule has 0 unspecified atom stereocenters. The first-order valence-corrected chi connectivity index (χ1v) is 17.2. The van der Waals surface area contributed by atoms with Crippen molar-refractivity contribution in [3.8, 4) is 11.5 Å². The van der Waals surface area contributed by atoms with E-state index in [0.29, 0.717) is 11.3 Å². The molecule has 3 aromatic carbocycles. The van der Waals surface area contributed by atoms with E-state index in [-0.39, 0.29) is 46.7 Å². The van der Waals surface area contributed by atoms with E-state index in [1.54, 1.807) is 54.0 Å². The molecule has 0 aliphatic rings. The number of carbonyl (C=O) groups excluding carboxylic acids is 1. The molecule has 11 heteroatoms. The number of amides is 1. The average molecular weight is 587 g/mol. The molecule has 0 atom stereocenters. The van der Waals surface area contributed by atoms with Gasteiger partial charge in [0.25, 0.3) is 15.9 Å². The number of nitrogens with zero attached hydrogens (tertiary/aromatic N) is 1. The van der Waals surface area contributed by atoms with Gasteiger partial charge in [0.15, 0.2) is 8.32 Å². The van der Waals surface area contributed by atoms with E-state index < -0.39 is 24.2 Å². The van der Waals surface area contributed by atoms with E-state index in [1.807, 2.05) is 6.07 Å². The minimum Gasteiger partial charge on any atom is -0.497 e. The van der Waals surface area contributed by atoms with Crippen LogP contribution in [0.5, 0.6) is 11.5 Å². The average Bonchev–Trinajstić information content (AvgIpc) is 2.93. The Morgan fingerprint density at radius 1 is 0.950 bits per heavy atom. The fraction of sp³-hybridized carbons (Fsp3) is 0.345. The Bertz CT molecular complexity index is 1390. The molecule has 40 heavy (non-hydrogen) atoms. The van der Waals surface area contributed by atoms with E-state index in [9.17, 15) is 18.4 Å². The molecule has 1 amide bonds. The van der Waals surface area contributed by atoms with Gasteiger partial charge >= 0.3 is 0 Å². The Labute approximate surface area is 237 Å². The van der Waals surface area contributed by atoms with Crippen LogP contribution in [0, 0.1) is 0 Å². The van der Waals surface area contributed by atoms with E-state index in [2.05, 4.69) is 33.9 Å². The molecule has 0 aliphatic carbocycles. The normalized spacial score (nSPS) is 12.1. The van der Waals surface area contributed by atoms with Gasteiger partial charge in [-0.1, -0.05) is 57.2 Å². The van der Waals surface area contributed by atoms with Gasteiger partial charge < -0.3 is 13.9 Å². The van der Waals surface area contributed by atoms with Crippen molar-refractivity contribution >= 4 is 29.9 Å². The zero-order chi connectivity index (χ0) is 29.6. The van der Waals surface area contributed by atoms with E-state index >= 15 is 0 Å². The Morgan fingerprint density at radius 3 is 2.17 bits per heavy atom. The number of ether oxygens (including phenoxy) is 2. The lowest BCUT2D eigenvalue weighted by Gasteiger charge is -2.36. The highest BCUT2D eigenvalue weighted by molar-refractivity contribution is 7.92. The maximum absolute atomic E-state index is 14.1. The molecule has 0 aromatic heterocycles. The van der Waals surface area contributed by atoms with Gasteiger partial charge in [-0.3, -0.25) is 14.3 Å². The molecular formula is C29H38N2O7SSi. The lowest BCUT2D eigenvalue weighted by atomic mass is 10.1. The minimum atomic E-state index is -4.23. The zero-order valence-electron chi connectivity index (χ0n) is 23.8. The third-order valence-electron chi connectivity index (χ3n) is 7.02. The lowest BCUT2D eigenvalue weighted by Crippen LogP contribution is -2.41. The number of hydroxylamine groups is 1. The van der Waals surface area contributed by atoms with Crippen LogP contribution in [-0.2, 0) is 21.0 Å². The summed E-state index contributed by atoms with van der Waals surface area (Å²) in [5, 5.41) is 9.50. The predicted octanol–water partition coefficient (Wildman–Crippen LogP) is 5.61. The molecule has 3 rings (SSSR count). The van der Waals surface area contributed by atoms with E-state index in [1.165, 1.54) is 25.3 Å². The van der Waals surface area contributed by atoms with Gasteiger partial charge in [0.05, 0.1) is 30.7 Å². The monoisotopic (exact) mass is 586 g/mol. The Balaban J connectivity index is 2.09. The van der Waals surface area contributed by atoms with E-state index in [4.69, 9.17) is 13.9 Å². The molecule has 0 saturated carbocycles. The van der Waals surface area contributed by atoms with Crippen molar-refractivity contribution in [1.29, 1.82) is 0 Å². The third kappa shape index (κ3) is 7.22. The molecular weight excluding hydrogens is 548 g/mol. The number of carbonyl (C=O) groups is 1. The molecule has 0 heterocycles. The largest absolute Gasteiger partial charge is 0.497 e. The molecule has 3 aromatic rings. The second-order valence-corrected chi connectivity index (χ2v) is 17.4. The summed E-state index contributed by atoms with van der Waals surface area (Å²) in [5.74, 6) is -0.215. The van der Waals surface area contributed by atoms with Crippen LogP contribution in [-0.4, -0.2) is 48.2 Å². The van der Waals surface area contributed by atoms with Crippen molar-refractivity contribution in [2.75, 3.05) is 24.6 Å². The topological polar surface area (TPSA) is 114 Å². The van der Waals surface area contributed by atoms with Crippen molar-refractivity contribution in [2.45, 2.75) is 50.3 Å². The number of methoxy groups -OCH3 is 1. The maximum atomic E-state index is 14.1. The summed E-state index contributed by atoms with van der Waals surface area (Å²) in [6.07, 6.45) is 0. The van der Waals surface area contributed by atoms with Gasteiger partial charge in [-0.2, -0.15) is 0 Å². The molecule has 0 bridgehead atoms. The van der Waals surface area contributed by atoms with Crippen molar-refractivity contribution in [3.63, 3.8) is 0 Å². The van der Waals surface area contributed by atoms with Crippen molar-refractivity contribution in [1.82, 2.24) is 5.48 Å². The summed E-state index contributed by atoms with van der Waals surface area (Å²) in [7, 11) is -4.77. The van der Waals surface area contributed by atoms with Crippen LogP contribution >= 0.6 is 0 Å². The summed E-state index contributed by atoms with van der Waals surface area (Å²) in [6, 6.07) is 19.6. The fourth-order valence-electron chi connectivity index (χ4n) is 3.71. The number of sulfonamides is 1. The molecule has 0 saturated heterocycles. The molecule has 216 valence electrons. The van der Waals surface area contributed by atoms with Crippen LogP contribution in [0.1, 0.15) is 36.7 Å². The van der Waals surface area contributed by atoms with Crippen LogP contribution in [0.25, 0.3) is 0 Å². The second kappa shape index (κ2) is 12.9. The highest BCUT2D eigenvalue weighted by Gasteiger charge is 2.37. The van der Waals surface area contributed by atoms with Gasteiger partial charge in [0.2, 0.25) is 0 Å². The first-order valence-electron chi connectivity index (χ1n) is 12.9. The number of para-hydroxylation sites is 1. The molecule has 0 fully saturated rings. The third-order valence-corrected chi connectivity index (χ3v) is 13.3. The Hall–Kier alpha value is -3.38. The van der Waals surface area contributed by atoms with Gasteiger partial charge in [-0.25, -0.2) is 13.9 Å². The van der Waals surface area contributed by atoms with Gasteiger partial charge in [0, 0.05) is 0 Å². The van der Waals surface area contributed by atoms with Crippen LogP contribution < -0.4 is 19.3 Å². The summed E-state index contributed by atoms with van der Waals surface area (Å²) in [5.41, 5.74) is 2.24. The summed E-state index contributed by atoms with van der Waals surface area (Å²) < 4.78 is 46.9. The smallest absolute Gasteiger partial charge is 0.276 e. The Morgan fingerprint density at radius 2 is 1.60 bits per heavy atom. The second-order valence-electron chi connectivity index (χ2n) is 10.7. The van der Waals surface area contributed by atoms with Gasteiger partial charge in [-0.05, 0) is 60.1 Å². The number of anilines is 1. The summed E-state index contributed by atoms with van der Waals surface area (Å²) in [4.78, 5) is 12.8. The maximum Gasteiger partial charge on any atom is 0.276 e. The lowest BCUT2D eigenvalue weighted by molar-refractivity contribution is 0.0706. The molecule has 0 radical (unpaired) electrons. The molecule has 0 spiro atoms. The van der Waals surface area contributed by atoms with Crippen LogP contribution in [0.2, 0.25) is 18.1 Å². The summed E-state index contributed by atoms with van der Waals surface area (Å²) in [6.45, 7) is 11.0. The number of hydrogen-bond donors (Lipinski definition) is 2. The Kier molecular flexibility index (Phi) is 10.0. The van der Waals surface area contributed by atoms with Crippen molar-refractivity contribution in [2.24, 2.45) is 0 Å². The highest BCUT2D eigenvalue weighted by atomic mass is 32.2. The number of benzene rings is 3. The minimum absolute atomic E-state index is 0.000970. The van der Waals surface area contributed by atoms with Crippen molar-refractivity contribution in [3.05, 3.63) is 83.9 Å². The van der Waals surface area contributed by atoms with E-state index in [0.717, 1.165) is 4.31 Å². The predicted molar refractivity (Wildman–Crippen MR) is 157 cm³/mol.